The third-order valence-electron chi connectivity index (χ3n) is 0. The number of aliphatic hydroxyl groups is 3. The molecule has 3 heteroatoms. The van der Waals surface area contributed by atoms with Gasteiger partial charge in [-0.05, 0) is 0 Å². The van der Waals surface area contributed by atoms with Gasteiger partial charge in [0.05, 0.1) is 0 Å². The summed E-state index contributed by atoms with van der Waals surface area (Å²) in [5.41, 5.74) is 0. The summed E-state index contributed by atoms with van der Waals surface area (Å²) in [5.74, 6) is -2.75. The average Bonchev–Trinajstić information content (AvgIpc) is 0.722. The topological polar surface area (TPSA) is 60.7 Å². The molecule has 5 heavy (non-hydrogen) atoms. The van der Waals surface area contributed by atoms with Gasteiger partial charge in [-0.1, -0.05) is 0 Å². The Hall–Kier alpha value is -0.120. The minimum Gasteiger partial charge on any atom is -0.344 e. The standard InChI is InChI=1S/C2H5O3/c1-2(3,4)5/h3-5H,1H2. The Labute approximate surface area is 29.5 Å². The van der Waals surface area contributed by atoms with Gasteiger partial charge < -0.3 is 15.3 Å². The molecule has 0 rings (SSSR count). The Morgan fingerprint density at radius 3 is 1.20 bits per heavy atom. The molecule has 3 N–H and O–H groups in total. The van der Waals surface area contributed by atoms with Crippen molar-refractivity contribution in [2.75, 3.05) is 0 Å². The smallest absolute Gasteiger partial charge is 0.275 e. The molecule has 0 aromatic heterocycles. The maximum absolute atomic E-state index is 7.52. The summed E-state index contributed by atoms with van der Waals surface area (Å²) < 4.78 is 0. The maximum atomic E-state index is 7.52. The Morgan fingerprint density at radius 2 is 1.20 bits per heavy atom. The molecule has 0 saturated carbocycles. The van der Waals surface area contributed by atoms with Crippen molar-refractivity contribution < 1.29 is 15.3 Å². The highest BCUT2D eigenvalue weighted by Crippen LogP contribution is 1.81. The van der Waals surface area contributed by atoms with E-state index in [4.69, 9.17) is 15.3 Å². The van der Waals surface area contributed by atoms with E-state index < -0.39 is 5.97 Å². The molecular weight excluding hydrogens is 72.0 g/mol. The van der Waals surface area contributed by atoms with E-state index in [-0.39, 0.29) is 0 Å². The van der Waals surface area contributed by atoms with Gasteiger partial charge in [-0.3, -0.25) is 0 Å². The molecule has 0 aromatic carbocycles. The van der Waals surface area contributed by atoms with Crippen LogP contribution in [0, 0.1) is 6.92 Å². The summed E-state index contributed by atoms with van der Waals surface area (Å²) in [5, 5.41) is 22.6. The highest BCUT2D eigenvalue weighted by molar-refractivity contribution is 4.42. The second-order valence-corrected chi connectivity index (χ2v) is 0.774. The largest absolute Gasteiger partial charge is 0.344 e. The van der Waals surface area contributed by atoms with Crippen LogP contribution in [0.1, 0.15) is 0 Å². The normalized spacial score (nSPS) is 12.0. The molecule has 0 bridgehead atoms. The zero-order valence-corrected chi connectivity index (χ0v) is 2.55. The predicted molar refractivity (Wildman–Crippen MR) is 14.7 cm³/mol. The van der Waals surface area contributed by atoms with Crippen molar-refractivity contribution in [1.82, 2.24) is 0 Å². The summed E-state index contributed by atoms with van der Waals surface area (Å²) >= 11 is 0. The molecule has 0 aromatic rings. The van der Waals surface area contributed by atoms with Gasteiger partial charge >= 0.3 is 0 Å². The first-order chi connectivity index (χ1) is 2.00. The lowest BCUT2D eigenvalue weighted by atomic mass is 10.7. The van der Waals surface area contributed by atoms with E-state index in [1.54, 1.807) is 0 Å². The summed E-state index contributed by atoms with van der Waals surface area (Å²) in [6, 6.07) is 0. The van der Waals surface area contributed by atoms with Crippen molar-refractivity contribution in [3.63, 3.8) is 0 Å². The quantitative estimate of drug-likeness (QED) is 0.307. The highest BCUT2D eigenvalue weighted by Gasteiger charge is 2.04. The lowest BCUT2D eigenvalue weighted by Crippen LogP contribution is -2.21. The molecule has 0 amide bonds. The zero-order chi connectivity index (χ0) is 4.50. The van der Waals surface area contributed by atoms with E-state index in [0.717, 1.165) is 0 Å². The molecular formula is C2H5O3. The van der Waals surface area contributed by atoms with Crippen LogP contribution in [-0.2, 0) is 0 Å². The van der Waals surface area contributed by atoms with Crippen LogP contribution in [0.4, 0.5) is 0 Å². The molecule has 3 nitrogen and oxygen atoms in total. The van der Waals surface area contributed by atoms with E-state index in [1.807, 2.05) is 0 Å². The molecule has 0 aliphatic heterocycles. The van der Waals surface area contributed by atoms with E-state index in [2.05, 4.69) is 6.92 Å². The SMILES string of the molecule is [CH2]C(O)(O)O. The van der Waals surface area contributed by atoms with Crippen LogP contribution in [0.25, 0.3) is 0 Å². The minimum absolute atomic E-state index is 2.44. The Kier molecular flexibility index (Phi) is 0.908. The fourth-order valence-electron chi connectivity index (χ4n) is 0. The van der Waals surface area contributed by atoms with Gasteiger partial charge in [0, 0.05) is 6.92 Å². The summed E-state index contributed by atoms with van der Waals surface area (Å²) in [4.78, 5) is 0. The Bertz CT molecular complexity index is 20.4. The summed E-state index contributed by atoms with van der Waals surface area (Å²) in [6.45, 7) is 2.44. The van der Waals surface area contributed by atoms with Gasteiger partial charge in [-0.15, -0.1) is 0 Å². The molecule has 0 unspecified atom stereocenters. The van der Waals surface area contributed by atoms with E-state index in [1.165, 1.54) is 0 Å². The lowest BCUT2D eigenvalue weighted by Gasteiger charge is -2.01. The van der Waals surface area contributed by atoms with E-state index in [9.17, 15) is 0 Å². The van der Waals surface area contributed by atoms with Crippen LogP contribution in [0.15, 0.2) is 0 Å². The second-order valence-electron chi connectivity index (χ2n) is 0.774. The van der Waals surface area contributed by atoms with Crippen LogP contribution in [0.2, 0.25) is 0 Å². The first kappa shape index (κ1) is 4.88. The van der Waals surface area contributed by atoms with Gasteiger partial charge in [0.25, 0.3) is 5.97 Å². The first-order valence-corrected chi connectivity index (χ1v) is 1.02. The highest BCUT2D eigenvalue weighted by atomic mass is 16.7. The molecule has 0 saturated heterocycles. The fraction of sp³-hybridized carbons (Fsp3) is 0.500. The third-order valence-corrected chi connectivity index (χ3v) is 0. The van der Waals surface area contributed by atoms with Gasteiger partial charge in [0.1, 0.15) is 0 Å². The molecule has 0 aliphatic carbocycles. The second kappa shape index (κ2) is 0.931. The van der Waals surface area contributed by atoms with Crippen LogP contribution >= 0.6 is 0 Å². The summed E-state index contributed by atoms with van der Waals surface area (Å²) in [6.07, 6.45) is 0. The number of hydrogen-bond acceptors (Lipinski definition) is 3. The average molecular weight is 77.1 g/mol. The van der Waals surface area contributed by atoms with Crippen molar-refractivity contribution in [3.05, 3.63) is 6.92 Å². The zero-order valence-electron chi connectivity index (χ0n) is 2.55. The van der Waals surface area contributed by atoms with Gasteiger partial charge in [0.15, 0.2) is 0 Å². The van der Waals surface area contributed by atoms with Crippen LogP contribution < -0.4 is 0 Å². The van der Waals surface area contributed by atoms with Crippen molar-refractivity contribution in [1.29, 1.82) is 0 Å². The molecule has 0 aliphatic rings. The lowest BCUT2D eigenvalue weighted by molar-refractivity contribution is -0.276. The van der Waals surface area contributed by atoms with Crippen molar-refractivity contribution in [2.45, 2.75) is 5.97 Å². The number of rotatable bonds is 0. The maximum Gasteiger partial charge on any atom is 0.275 e. The van der Waals surface area contributed by atoms with E-state index in [0.29, 0.717) is 0 Å². The minimum atomic E-state index is -2.75. The van der Waals surface area contributed by atoms with Gasteiger partial charge in [-0.2, -0.15) is 0 Å². The molecule has 31 valence electrons. The monoisotopic (exact) mass is 77.0 g/mol. The predicted octanol–water partition coefficient (Wildman–Crippen LogP) is -1.55. The first-order valence-electron chi connectivity index (χ1n) is 1.02. The molecule has 0 spiro atoms. The van der Waals surface area contributed by atoms with Gasteiger partial charge in [0.2, 0.25) is 0 Å². The van der Waals surface area contributed by atoms with Crippen LogP contribution in [0.3, 0.4) is 0 Å². The molecule has 0 fully saturated rings. The Balaban J connectivity index is 3.02. The third kappa shape index (κ3) is 952. The summed E-state index contributed by atoms with van der Waals surface area (Å²) in [7, 11) is 0. The van der Waals surface area contributed by atoms with Crippen LogP contribution in [0.5, 0.6) is 0 Å². The Morgan fingerprint density at radius 1 is 1.20 bits per heavy atom. The molecule has 1 radical (unpaired) electrons. The van der Waals surface area contributed by atoms with Gasteiger partial charge in [-0.25, -0.2) is 0 Å². The van der Waals surface area contributed by atoms with Crippen molar-refractivity contribution in [2.24, 2.45) is 0 Å². The van der Waals surface area contributed by atoms with Crippen LogP contribution in [-0.4, -0.2) is 21.3 Å². The molecule has 0 heterocycles. The molecule has 0 atom stereocenters. The van der Waals surface area contributed by atoms with E-state index >= 15 is 0 Å². The van der Waals surface area contributed by atoms with Crippen molar-refractivity contribution in [3.8, 4) is 0 Å². The number of hydrogen-bond donors (Lipinski definition) is 3. The fourth-order valence-corrected chi connectivity index (χ4v) is 0. The van der Waals surface area contributed by atoms with Crippen molar-refractivity contribution >= 4 is 0 Å².